The Hall–Kier alpha value is -2.20. The van der Waals surface area contributed by atoms with E-state index in [1.54, 1.807) is 6.92 Å². The Morgan fingerprint density at radius 3 is 2.83 bits per heavy atom. The van der Waals surface area contributed by atoms with Gasteiger partial charge >= 0.3 is 5.97 Å². The fourth-order valence-electron chi connectivity index (χ4n) is 2.85. The standard InChI is InChI=1S/C19H24N4O4S2/c1-5-11-6-13(24)20-7-14-21-12(8-28-14)16-23-19(4,9-29-16)18(26)22-15(10(2)3)17(25)27-11/h5,8,10-11,15H,1,6-7,9H2,2-4H3,(H,20,24)(H,22,26)/t11-,15+,19?/m1/s1. The summed E-state index contributed by atoms with van der Waals surface area (Å²) in [7, 11) is 0. The van der Waals surface area contributed by atoms with Crippen LogP contribution in [0.5, 0.6) is 0 Å². The van der Waals surface area contributed by atoms with Gasteiger partial charge in [-0.15, -0.1) is 23.1 Å². The number of aliphatic imine (C=N–C) groups is 1. The fourth-order valence-corrected chi connectivity index (χ4v) is 4.78. The number of nitrogens with zero attached hydrogens (tertiary/aromatic N) is 2. The largest absolute Gasteiger partial charge is 0.456 e. The highest BCUT2D eigenvalue weighted by atomic mass is 32.2. The number of cyclic esters (lactones) is 1. The van der Waals surface area contributed by atoms with Gasteiger partial charge in [0, 0.05) is 11.1 Å². The number of aromatic nitrogens is 1. The highest BCUT2D eigenvalue weighted by Crippen LogP contribution is 2.32. The maximum absolute atomic E-state index is 13.0. The molecule has 1 unspecified atom stereocenters. The molecule has 0 fully saturated rings. The highest BCUT2D eigenvalue weighted by Gasteiger charge is 2.41. The summed E-state index contributed by atoms with van der Waals surface area (Å²) in [6, 6.07) is -0.854. The van der Waals surface area contributed by atoms with Gasteiger partial charge in [0.05, 0.1) is 13.0 Å². The van der Waals surface area contributed by atoms with E-state index in [4.69, 9.17) is 4.74 Å². The SMILES string of the molecule is C=C[C@@H]1CC(=O)NCc2nc(cs2)C2=NC(C)(CS2)C(=O)N[C@@H](C(C)C)C(=O)O1. The minimum atomic E-state index is -1.000. The molecule has 1 aromatic heterocycles. The number of amides is 2. The van der Waals surface area contributed by atoms with Gasteiger partial charge in [-0.2, -0.15) is 0 Å². The summed E-state index contributed by atoms with van der Waals surface area (Å²) >= 11 is 2.87. The van der Waals surface area contributed by atoms with E-state index < -0.39 is 23.7 Å². The summed E-state index contributed by atoms with van der Waals surface area (Å²) in [4.78, 5) is 47.0. The number of thioether (sulfide) groups is 1. The van der Waals surface area contributed by atoms with Gasteiger partial charge in [-0.3, -0.25) is 14.6 Å². The first-order chi connectivity index (χ1) is 13.7. The molecule has 0 saturated carbocycles. The molecule has 10 heteroatoms. The van der Waals surface area contributed by atoms with Crippen molar-refractivity contribution in [1.29, 1.82) is 0 Å². The normalized spacial score (nSPS) is 28.4. The lowest BCUT2D eigenvalue weighted by Crippen LogP contribution is -2.53. The lowest BCUT2D eigenvalue weighted by atomic mass is 10.0. The van der Waals surface area contributed by atoms with E-state index in [1.165, 1.54) is 29.2 Å². The third-order valence-corrected chi connectivity index (χ3v) is 6.79. The first-order valence-electron chi connectivity index (χ1n) is 9.30. The average molecular weight is 437 g/mol. The molecule has 4 bridgehead atoms. The first kappa shape index (κ1) is 21.5. The molecule has 2 aliphatic rings. The van der Waals surface area contributed by atoms with Gasteiger partial charge in [-0.1, -0.05) is 26.5 Å². The molecule has 29 heavy (non-hydrogen) atoms. The molecule has 0 radical (unpaired) electrons. The third-order valence-electron chi connectivity index (χ3n) is 4.66. The summed E-state index contributed by atoms with van der Waals surface area (Å²) in [5.74, 6) is -0.971. The van der Waals surface area contributed by atoms with Crippen LogP contribution in [0.15, 0.2) is 23.0 Å². The van der Waals surface area contributed by atoms with Crippen LogP contribution in [-0.2, 0) is 25.7 Å². The van der Waals surface area contributed by atoms with Gasteiger partial charge in [0.15, 0.2) is 0 Å². The predicted molar refractivity (Wildman–Crippen MR) is 113 cm³/mol. The van der Waals surface area contributed by atoms with Crippen molar-refractivity contribution >= 4 is 45.9 Å². The molecule has 3 rings (SSSR count). The Balaban J connectivity index is 1.94. The number of nitrogens with one attached hydrogen (secondary N) is 2. The van der Waals surface area contributed by atoms with Crippen molar-refractivity contribution in [1.82, 2.24) is 15.6 Å². The monoisotopic (exact) mass is 436 g/mol. The molecule has 0 spiro atoms. The summed E-state index contributed by atoms with van der Waals surface area (Å²) in [6.45, 7) is 9.29. The van der Waals surface area contributed by atoms with E-state index in [1.807, 2.05) is 19.2 Å². The van der Waals surface area contributed by atoms with E-state index in [-0.39, 0.29) is 30.7 Å². The number of rotatable bonds is 2. The lowest BCUT2D eigenvalue weighted by molar-refractivity contribution is -0.153. The van der Waals surface area contributed by atoms with E-state index in [9.17, 15) is 14.4 Å². The summed E-state index contributed by atoms with van der Waals surface area (Å²) in [5, 5.41) is 8.85. The molecule has 3 atom stereocenters. The van der Waals surface area contributed by atoms with Crippen molar-refractivity contribution in [3.05, 3.63) is 28.7 Å². The number of carbonyl (C=O) groups excluding carboxylic acids is 3. The van der Waals surface area contributed by atoms with Crippen molar-refractivity contribution in [3.63, 3.8) is 0 Å². The van der Waals surface area contributed by atoms with Crippen molar-refractivity contribution < 1.29 is 19.1 Å². The number of hydrogen-bond acceptors (Lipinski definition) is 8. The molecule has 3 heterocycles. The molecular weight excluding hydrogens is 412 g/mol. The minimum Gasteiger partial charge on any atom is -0.456 e. The van der Waals surface area contributed by atoms with E-state index in [0.717, 1.165) is 5.01 Å². The van der Waals surface area contributed by atoms with Gasteiger partial charge in [0.1, 0.15) is 33.4 Å². The maximum atomic E-state index is 13.0. The molecule has 1 aromatic rings. The number of hydrogen-bond donors (Lipinski definition) is 2. The summed E-state index contributed by atoms with van der Waals surface area (Å²) in [6.07, 6.45) is 0.571. The quantitative estimate of drug-likeness (QED) is 0.539. The van der Waals surface area contributed by atoms with E-state index >= 15 is 0 Å². The first-order valence-corrected chi connectivity index (χ1v) is 11.2. The number of ether oxygens (including phenoxy) is 1. The second kappa shape index (κ2) is 8.66. The zero-order valence-electron chi connectivity index (χ0n) is 16.6. The number of esters is 1. The Labute approximate surface area is 177 Å². The molecule has 0 aliphatic carbocycles. The van der Waals surface area contributed by atoms with Gasteiger partial charge < -0.3 is 15.4 Å². The van der Waals surface area contributed by atoms with Crippen LogP contribution in [0.2, 0.25) is 0 Å². The van der Waals surface area contributed by atoms with Gasteiger partial charge in [0.25, 0.3) is 0 Å². The predicted octanol–water partition coefficient (Wildman–Crippen LogP) is 1.65. The molecule has 0 aromatic carbocycles. The smallest absolute Gasteiger partial charge is 0.329 e. The van der Waals surface area contributed by atoms with Crippen molar-refractivity contribution in [2.75, 3.05) is 5.75 Å². The Kier molecular flexibility index (Phi) is 6.42. The van der Waals surface area contributed by atoms with Crippen LogP contribution in [0.1, 0.15) is 37.9 Å². The van der Waals surface area contributed by atoms with E-state index in [2.05, 4.69) is 27.2 Å². The third kappa shape index (κ3) is 4.87. The van der Waals surface area contributed by atoms with Crippen LogP contribution >= 0.6 is 23.1 Å². The van der Waals surface area contributed by atoms with Gasteiger partial charge in [-0.25, -0.2) is 9.78 Å². The van der Waals surface area contributed by atoms with E-state index in [0.29, 0.717) is 16.5 Å². The molecule has 156 valence electrons. The zero-order valence-corrected chi connectivity index (χ0v) is 18.2. The minimum absolute atomic E-state index is 0.0491. The molecule has 8 nitrogen and oxygen atoms in total. The van der Waals surface area contributed by atoms with Crippen LogP contribution in [0.3, 0.4) is 0 Å². The second-order valence-electron chi connectivity index (χ2n) is 7.49. The Bertz CT molecular complexity index is 866. The fraction of sp³-hybridized carbons (Fsp3) is 0.526. The van der Waals surface area contributed by atoms with Crippen LogP contribution in [0.4, 0.5) is 0 Å². The summed E-state index contributed by atoms with van der Waals surface area (Å²) in [5.41, 5.74) is -0.308. The summed E-state index contributed by atoms with van der Waals surface area (Å²) < 4.78 is 5.45. The van der Waals surface area contributed by atoms with Gasteiger partial charge in [0.2, 0.25) is 11.8 Å². The molecule has 2 N–H and O–H groups in total. The second-order valence-corrected chi connectivity index (χ2v) is 9.40. The maximum Gasteiger partial charge on any atom is 0.329 e. The van der Waals surface area contributed by atoms with Crippen LogP contribution < -0.4 is 10.6 Å². The average Bonchev–Trinajstić information content (AvgIpc) is 3.30. The molecular formula is C19H24N4O4S2. The molecule has 2 amide bonds. The zero-order chi connectivity index (χ0) is 21.2. The Morgan fingerprint density at radius 2 is 2.14 bits per heavy atom. The van der Waals surface area contributed by atoms with Crippen LogP contribution in [0.25, 0.3) is 0 Å². The lowest BCUT2D eigenvalue weighted by Gasteiger charge is -2.27. The molecule has 2 aliphatic heterocycles. The topological polar surface area (TPSA) is 110 Å². The van der Waals surface area contributed by atoms with Crippen LogP contribution in [-0.4, -0.2) is 51.2 Å². The Morgan fingerprint density at radius 1 is 1.38 bits per heavy atom. The van der Waals surface area contributed by atoms with Crippen LogP contribution in [0, 0.1) is 5.92 Å². The van der Waals surface area contributed by atoms with Crippen molar-refractivity contribution in [2.45, 2.75) is 51.4 Å². The molecule has 0 saturated heterocycles. The highest BCUT2D eigenvalue weighted by molar-refractivity contribution is 8.14. The number of thiazole rings is 1. The number of carbonyl (C=O) groups is 3. The van der Waals surface area contributed by atoms with Crippen molar-refractivity contribution in [3.8, 4) is 0 Å². The van der Waals surface area contributed by atoms with Crippen molar-refractivity contribution in [2.24, 2.45) is 10.9 Å². The van der Waals surface area contributed by atoms with Gasteiger partial charge in [-0.05, 0) is 12.8 Å². The number of fused-ring (bicyclic) bond motifs is 4.